The number of nitrogens with one attached hydrogen (secondary N) is 1. The lowest BCUT2D eigenvalue weighted by Gasteiger charge is -2.32. The summed E-state index contributed by atoms with van der Waals surface area (Å²) < 4.78 is 10.9. The van der Waals surface area contributed by atoms with E-state index >= 15 is 0 Å². The molecule has 2 heterocycles. The second-order valence-corrected chi connectivity index (χ2v) is 4.64. The zero-order valence-corrected chi connectivity index (χ0v) is 12.4. The molecule has 0 aromatic carbocycles. The van der Waals surface area contributed by atoms with Gasteiger partial charge in [-0.3, -0.25) is 0 Å². The molecule has 1 aliphatic heterocycles. The molecular weight excluding hydrogens is 258 g/mol. The van der Waals surface area contributed by atoms with Gasteiger partial charge in [0.1, 0.15) is 0 Å². The lowest BCUT2D eigenvalue weighted by molar-refractivity contribution is 0.0523. The van der Waals surface area contributed by atoms with E-state index in [-0.39, 0.29) is 6.10 Å². The molecule has 7 heteroatoms. The summed E-state index contributed by atoms with van der Waals surface area (Å²) in [4.78, 5) is 15.1. The molecule has 112 valence electrons. The van der Waals surface area contributed by atoms with Gasteiger partial charge in [0.2, 0.25) is 11.9 Å². The summed E-state index contributed by atoms with van der Waals surface area (Å²) in [6.07, 6.45) is 2.42. The van der Waals surface area contributed by atoms with Gasteiger partial charge in [-0.25, -0.2) is 0 Å². The van der Waals surface area contributed by atoms with Crippen molar-refractivity contribution in [3.8, 4) is 6.01 Å². The third-order valence-corrected chi connectivity index (χ3v) is 3.18. The Bertz CT molecular complexity index is 427. The van der Waals surface area contributed by atoms with Crippen molar-refractivity contribution in [2.45, 2.75) is 32.8 Å². The molecule has 7 nitrogen and oxygen atoms in total. The SMILES string of the molecule is CCNc1nc(OC)nc(N2CCCC(OCC)C2)n1. The largest absolute Gasteiger partial charge is 0.467 e. The minimum Gasteiger partial charge on any atom is -0.467 e. The predicted octanol–water partition coefficient (Wildman–Crippen LogP) is 1.32. The van der Waals surface area contributed by atoms with Gasteiger partial charge >= 0.3 is 6.01 Å². The van der Waals surface area contributed by atoms with E-state index in [0.29, 0.717) is 17.9 Å². The first kappa shape index (κ1) is 14.8. The first-order valence-electron chi connectivity index (χ1n) is 7.17. The molecule has 1 saturated heterocycles. The Morgan fingerprint density at radius 2 is 2.15 bits per heavy atom. The van der Waals surface area contributed by atoms with E-state index in [0.717, 1.165) is 39.1 Å². The quantitative estimate of drug-likeness (QED) is 0.843. The van der Waals surface area contributed by atoms with Gasteiger partial charge in [-0.1, -0.05) is 0 Å². The Morgan fingerprint density at radius 3 is 2.85 bits per heavy atom. The smallest absolute Gasteiger partial charge is 0.322 e. The standard InChI is InChI=1S/C13H23N5O2/c1-4-14-11-15-12(17-13(16-11)19-3)18-8-6-7-10(9-18)20-5-2/h10H,4-9H2,1-3H3,(H,14,15,16,17). The zero-order chi connectivity index (χ0) is 14.4. The van der Waals surface area contributed by atoms with Crippen LogP contribution in [-0.4, -0.2) is 54.4 Å². The highest BCUT2D eigenvalue weighted by molar-refractivity contribution is 5.38. The summed E-state index contributed by atoms with van der Waals surface area (Å²) in [5.41, 5.74) is 0. The lowest BCUT2D eigenvalue weighted by Crippen LogP contribution is -2.40. The maximum Gasteiger partial charge on any atom is 0.322 e. The number of hydrogen-bond donors (Lipinski definition) is 1. The fourth-order valence-corrected chi connectivity index (χ4v) is 2.31. The van der Waals surface area contributed by atoms with Crippen LogP contribution in [0.2, 0.25) is 0 Å². The Kier molecular flexibility index (Phi) is 5.34. The maximum absolute atomic E-state index is 5.71. The van der Waals surface area contributed by atoms with Gasteiger partial charge in [0.15, 0.2) is 0 Å². The number of nitrogens with zero attached hydrogens (tertiary/aromatic N) is 4. The minimum absolute atomic E-state index is 0.249. The summed E-state index contributed by atoms with van der Waals surface area (Å²) >= 11 is 0. The number of piperidine rings is 1. The fourth-order valence-electron chi connectivity index (χ4n) is 2.31. The summed E-state index contributed by atoms with van der Waals surface area (Å²) in [6.45, 7) is 7.26. The van der Waals surface area contributed by atoms with Gasteiger partial charge in [0.25, 0.3) is 0 Å². The summed E-state index contributed by atoms with van der Waals surface area (Å²) in [5, 5.41) is 3.10. The molecule has 1 unspecified atom stereocenters. The molecule has 0 radical (unpaired) electrons. The summed E-state index contributed by atoms with van der Waals surface area (Å²) in [5.74, 6) is 1.20. The third kappa shape index (κ3) is 3.69. The number of rotatable bonds is 6. The van der Waals surface area contributed by atoms with Crippen molar-refractivity contribution in [2.24, 2.45) is 0 Å². The van der Waals surface area contributed by atoms with Gasteiger partial charge in [-0.2, -0.15) is 15.0 Å². The Labute approximate surface area is 119 Å². The molecule has 0 aliphatic carbocycles. The summed E-state index contributed by atoms with van der Waals surface area (Å²) in [7, 11) is 1.56. The zero-order valence-electron chi connectivity index (χ0n) is 12.4. The molecule has 0 amide bonds. The minimum atomic E-state index is 0.249. The molecule has 1 aromatic heterocycles. The predicted molar refractivity (Wildman–Crippen MR) is 77.4 cm³/mol. The first-order valence-corrected chi connectivity index (χ1v) is 7.17. The molecule has 1 fully saturated rings. The number of hydrogen-bond acceptors (Lipinski definition) is 7. The topological polar surface area (TPSA) is 72.4 Å². The highest BCUT2D eigenvalue weighted by Gasteiger charge is 2.23. The highest BCUT2D eigenvalue weighted by atomic mass is 16.5. The van der Waals surface area contributed by atoms with Crippen molar-refractivity contribution in [3.05, 3.63) is 0 Å². The van der Waals surface area contributed by atoms with Crippen LogP contribution in [-0.2, 0) is 4.74 Å². The van der Waals surface area contributed by atoms with Crippen LogP contribution in [0.3, 0.4) is 0 Å². The van der Waals surface area contributed by atoms with E-state index in [9.17, 15) is 0 Å². The van der Waals surface area contributed by atoms with E-state index in [1.54, 1.807) is 7.11 Å². The van der Waals surface area contributed by atoms with Crippen LogP contribution in [0.1, 0.15) is 26.7 Å². The van der Waals surface area contributed by atoms with Crippen molar-refractivity contribution in [2.75, 3.05) is 43.6 Å². The molecule has 20 heavy (non-hydrogen) atoms. The fraction of sp³-hybridized carbons (Fsp3) is 0.769. The highest BCUT2D eigenvalue weighted by Crippen LogP contribution is 2.20. The Hall–Kier alpha value is -1.63. The normalized spacial score (nSPS) is 18.9. The molecule has 2 rings (SSSR count). The van der Waals surface area contributed by atoms with E-state index < -0.39 is 0 Å². The van der Waals surface area contributed by atoms with Crippen molar-refractivity contribution >= 4 is 11.9 Å². The molecule has 1 aliphatic rings. The van der Waals surface area contributed by atoms with Crippen LogP contribution in [0.4, 0.5) is 11.9 Å². The Balaban J connectivity index is 2.15. The van der Waals surface area contributed by atoms with Crippen LogP contribution in [0.5, 0.6) is 6.01 Å². The number of methoxy groups -OCH3 is 1. The molecular formula is C13H23N5O2. The van der Waals surface area contributed by atoms with Gasteiger partial charge in [-0.05, 0) is 26.7 Å². The van der Waals surface area contributed by atoms with Gasteiger partial charge < -0.3 is 19.7 Å². The van der Waals surface area contributed by atoms with E-state index in [2.05, 4.69) is 25.2 Å². The van der Waals surface area contributed by atoms with Crippen molar-refractivity contribution < 1.29 is 9.47 Å². The summed E-state index contributed by atoms with van der Waals surface area (Å²) in [6, 6.07) is 0.337. The first-order chi connectivity index (χ1) is 9.76. The average molecular weight is 281 g/mol. The molecule has 1 atom stereocenters. The average Bonchev–Trinajstić information content (AvgIpc) is 2.48. The van der Waals surface area contributed by atoms with Crippen molar-refractivity contribution in [3.63, 3.8) is 0 Å². The Morgan fingerprint density at radius 1 is 1.30 bits per heavy atom. The van der Waals surface area contributed by atoms with E-state index in [1.807, 2.05) is 13.8 Å². The van der Waals surface area contributed by atoms with Crippen LogP contribution >= 0.6 is 0 Å². The van der Waals surface area contributed by atoms with Crippen LogP contribution in [0, 0.1) is 0 Å². The lowest BCUT2D eigenvalue weighted by atomic mass is 10.1. The van der Waals surface area contributed by atoms with Gasteiger partial charge in [0.05, 0.1) is 13.2 Å². The van der Waals surface area contributed by atoms with Crippen LogP contribution in [0.15, 0.2) is 0 Å². The van der Waals surface area contributed by atoms with E-state index in [4.69, 9.17) is 9.47 Å². The molecule has 0 saturated carbocycles. The number of anilines is 2. The molecule has 0 spiro atoms. The van der Waals surface area contributed by atoms with Crippen molar-refractivity contribution in [1.29, 1.82) is 0 Å². The van der Waals surface area contributed by atoms with E-state index in [1.165, 1.54) is 0 Å². The molecule has 1 aromatic rings. The van der Waals surface area contributed by atoms with Gasteiger partial charge in [0, 0.05) is 26.2 Å². The van der Waals surface area contributed by atoms with Crippen molar-refractivity contribution in [1.82, 2.24) is 15.0 Å². The second kappa shape index (κ2) is 7.23. The maximum atomic E-state index is 5.71. The second-order valence-electron chi connectivity index (χ2n) is 4.64. The molecule has 1 N–H and O–H groups in total. The molecule has 0 bridgehead atoms. The van der Waals surface area contributed by atoms with Crippen LogP contribution < -0.4 is 15.0 Å². The van der Waals surface area contributed by atoms with Crippen LogP contribution in [0.25, 0.3) is 0 Å². The monoisotopic (exact) mass is 281 g/mol. The number of ether oxygens (including phenoxy) is 2. The van der Waals surface area contributed by atoms with Gasteiger partial charge in [-0.15, -0.1) is 0 Å². The number of aromatic nitrogens is 3. The third-order valence-electron chi connectivity index (χ3n) is 3.18.